The van der Waals surface area contributed by atoms with E-state index in [1.165, 1.54) is 19.3 Å². The number of nitrogens with zero attached hydrogens (tertiary/aromatic N) is 1. The van der Waals surface area contributed by atoms with Crippen LogP contribution in [0.1, 0.15) is 58.8 Å². The topological polar surface area (TPSA) is 46.3 Å². The number of hydrogen-bond acceptors (Lipinski definition) is 2. The van der Waals surface area contributed by atoms with Gasteiger partial charge in [-0.15, -0.1) is 0 Å². The van der Waals surface area contributed by atoms with Crippen LogP contribution in [0.15, 0.2) is 0 Å². The van der Waals surface area contributed by atoms with Crippen LogP contribution in [0, 0.1) is 11.3 Å². The molecule has 0 spiro atoms. The molecule has 3 heteroatoms. The molecule has 1 heterocycles. The van der Waals surface area contributed by atoms with E-state index < -0.39 is 0 Å². The molecule has 0 radical (unpaired) electrons. The Labute approximate surface area is 111 Å². The van der Waals surface area contributed by atoms with Crippen molar-refractivity contribution in [2.75, 3.05) is 13.1 Å². The number of rotatable bonds is 2. The maximum atomic E-state index is 12.7. The van der Waals surface area contributed by atoms with Gasteiger partial charge in [0.2, 0.25) is 5.91 Å². The number of hydrogen-bond donors (Lipinski definition) is 1. The molecule has 18 heavy (non-hydrogen) atoms. The van der Waals surface area contributed by atoms with Crippen molar-refractivity contribution in [2.45, 2.75) is 64.8 Å². The Kier molecular flexibility index (Phi) is 4.31. The number of amides is 1. The van der Waals surface area contributed by atoms with E-state index in [-0.39, 0.29) is 5.41 Å². The monoisotopic (exact) mass is 252 g/mol. The predicted octanol–water partition coefficient (Wildman–Crippen LogP) is 2.54. The van der Waals surface area contributed by atoms with Gasteiger partial charge in [-0.25, -0.2) is 0 Å². The standard InChI is InChI=1S/C15H28N2O/c1-3-12-11-17(10-7-13(12)16)14(18)15(2)8-5-4-6-9-15/h12-13H,3-11,16H2,1-2H3. The van der Waals surface area contributed by atoms with Gasteiger partial charge in [-0.05, 0) is 25.2 Å². The lowest BCUT2D eigenvalue weighted by molar-refractivity contribution is -0.145. The van der Waals surface area contributed by atoms with Crippen LogP contribution in [0.5, 0.6) is 0 Å². The minimum atomic E-state index is -0.0853. The lowest BCUT2D eigenvalue weighted by Crippen LogP contribution is -2.53. The van der Waals surface area contributed by atoms with Gasteiger partial charge < -0.3 is 10.6 Å². The zero-order chi connectivity index (χ0) is 13.2. The molecule has 104 valence electrons. The van der Waals surface area contributed by atoms with Gasteiger partial charge in [-0.3, -0.25) is 4.79 Å². The van der Waals surface area contributed by atoms with E-state index in [4.69, 9.17) is 5.73 Å². The van der Waals surface area contributed by atoms with E-state index in [1.54, 1.807) is 0 Å². The first-order valence-electron chi connectivity index (χ1n) is 7.62. The highest BCUT2D eigenvalue weighted by atomic mass is 16.2. The second-order valence-corrected chi connectivity index (χ2v) is 6.49. The Morgan fingerprint density at radius 1 is 1.33 bits per heavy atom. The average Bonchev–Trinajstić information content (AvgIpc) is 2.39. The van der Waals surface area contributed by atoms with Crippen LogP contribution >= 0.6 is 0 Å². The number of carbonyl (C=O) groups is 1. The maximum absolute atomic E-state index is 12.7. The van der Waals surface area contributed by atoms with Crippen LogP contribution in [-0.2, 0) is 4.79 Å². The van der Waals surface area contributed by atoms with E-state index in [9.17, 15) is 4.79 Å². The summed E-state index contributed by atoms with van der Waals surface area (Å²) in [7, 11) is 0. The first kappa shape index (κ1) is 13.9. The summed E-state index contributed by atoms with van der Waals surface area (Å²) >= 11 is 0. The highest BCUT2D eigenvalue weighted by Crippen LogP contribution is 2.38. The number of likely N-dealkylation sites (tertiary alicyclic amines) is 1. The summed E-state index contributed by atoms with van der Waals surface area (Å²) < 4.78 is 0. The van der Waals surface area contributed by atoms with Gasteiger partial charge in [-0.1, -0.05) is 39.5 Å². The van der Waals surface area contributed by atoms with Crippen molar-refractivity contribution in [1.82, 2.24) is 4.90 Å². The molecular weight excluding hydrogens is 224 g/mol. The Morgan fingerprint density at radius 3 is 2.61 bits per heavy atom. The second kappa shape index (κ2) is 5.60. The summed E-state index contributed by atoms with van der Waals surface area (Å²) in [6.07, 6.45) is 7.93. The fourth-order valence-corrected chi connectivity index (χ4v) is 3.59. The van der Waals surface area contributed by atoms with Crippen molar-refractivity contribution in [2.24, 2.45) is 17.1 Å². The van der Waals surface area contributed by atoms with Crippen LogP contribution in [0.25, 0.3) is 0 Å². The normalized spacial score (nSPS) is 32.3. The predicted molar refractivity (Wildman–Crippen MR) is 74.1 cm³/mol. The second-order valence-electron chi connectivity index (χ2n) is 6.49. The van der Waals surface area contributed by atoms with Gasteiger partial charge in [0.1, 0.15) is 0 Å². The van der Waals surface area contributed by atoms with Gasteiger partial charge in [0, 0.05) is 24.5 Å². The first-order chi connectivity index (χ1) is 8.57. The number of nitrogens with two attached hydrogens (primary N) is 1. The lowest BCUT2D eigenvalue weighted by Gasteiger charge is -2.42. The summed E-state index contributed by atoms with van der Waals surface area (Å²) in [6, 6.07) is 0.290. The Morgan fingerprint density at radius 2 is 2.00 bits per heavy atom. The molecule has 0 aromatic rings. The van der Waals surface area contributed by atoms with E-state index in [0.29, 0.717) is 17.9 Å². The molecule has 2 unspecified atom stereocenters. The highest BCUT2D eigenvalue weighted by molar-refractivity contribution is 5.82. The molecule has 0 aromatic carbocycles. The Bertz CT molecular complexity index is 297. The van der Waals surface area contributed by atoms with Gasteiger partial charge in [0.15, 0.2) is 0 Å². The zero-order valence-electron chi connectivity index (χ0n) is 12.0. The molecule has 3 nitrogen and oxygen atoms in total. The van der Waals surface area contributed by atoms with Crippen molar-refractivity contribution in [1.29, 1.82) is 0 Å². The molecule has 0 bridgehead atoms. The molecule has 1 saturated carbocycles. The largest absolute Gasteiger partial charge is 0.342 e. The van der Waals surface area contributed by atoms with Crippen LogP contribution in [0.4, 0.5) is 0 Å². The van der Waals surface area contributed by atoms with Gasteiger partial charge in [0.25, 0.3) is 0 Å². The summed E-state index contributed by atoms with van der Waals surface area (Å²) in [5.41, 5.74) is 6.04. The molecular formula is C15H28N2O. The molecule has 1 amide bonds. The third-order valence-corrected chi connectivity index (χ3v) is 5.08. The van der Waals surface area contributed by atoms with Crippen LogP contribution < -0.4 is 5.73 Å². The fourth-order valence-electron chi connectivity index (χ4n) is 3.59. The summed E-state index contributed by atoms with van der Waals surface area (Å²) in [6.45, 7) is 6.10. The van der Waals surface area contributed by atoms with E-state index in [1.807, 2.05) is 0 Å². The van der Waals surface area contributed by atoms with Crippen molar-refractivity contribution in [3.63, 3.8) is 0 Å². The molecule has 0 aromatic heterocycles. The quantitative estimate of drug-likeness (QED) is 0.821. The summed E-state index contributed by atoms with van der Waals surface area (Å²) in [5, 5.41) is 0. The average molecular weight is 252 g/mol. The maximum Gasteiger partial charge on any atom is 0.228 e. The van der Waals surface area contributed by atoms with Crippen molar-refractivity contribution in [3.8, 4) is 0 Å². The molecule has 2 rings (SSSR count). The van der Waals surface area contributed by atoms with Gasteiger partial charge in [0.05, 0.1) is 0 Å². The van der Waals surface area contributed by atoms with E-state index in [2.05, 4.69) is 18.7 Å². The minimum absolute atomic E-state index is 0.0853. The van der Waals surface area contributed by atoms with Crippen LogP contribution in [0.2, 0.25) is 0 Å². The Hall–Kier alpha value is -0.570. The van der Waals surface area contributed by atoms with Gasteiger partial charge in [-0.2, -0.15) is 0 Å². The van der Waals surface area contributed by atoms with E-state index >= 15 is 0 Å². The molecule has 2 atom stereocenters. The molecule has 2 fully saturated rings. The summed E-state index contributed by atoms with van der Waals surface area (Å²) in [4.78, 5) is 14.8. The van der Waals surface area contributed by atoms with Crippen molar-refractivity contribution < 1.29 is 4.79 Å². The van der Waals surface area contributed by atoms with Gasteiger partial charge >= 0.3 is 0 Å². The van der Waals surface area contributed by atoms with Crippen molar-refractivity contribution >= 4 is 5.91 Å². The molecule has 1 aliphatic carbocycles. The SMILES string of the molecule is CCC1CN(C(=O)C2(C)CCCCC2)CCC1N. The lowest BCUT2D eigenvalue weighted by atomic mass is 9.74. The number of piperidine rings is 1. The fraction of sp³-hybridized carbons (Fsp3) is 0.933. The minimum Gasteiger partial charge on any atom is -0.342 e. The van der Waals surface area contributed by atoms with Crippen LogP contribution in [0.3, 0.4) is 0 Å². The van der Waals surface area contributed by atoms with Crippen LogP contribution in [-0.4, -0.2) is 29.9 Å². The third kappa shape index (κ3) is 2.71. The Balaban J connectivity index is 2.00. The number of carbonyl (C=O) groups excluding carboxylic acids is 1. The van der Waals surface area contributed by atoms with Crippen molar-refractivity contribution in [3.05, 3.63) is 0 Å². The first-order valence-corrected chi connectivity index (χ1v) is 7.62. The molecule has 2 aliphatic rings. The smallest absolute Gasteiger partial charge is 0.228 e. The molecule has 1 saturated heterocycles. The summed E-state index contributed by atoms with van der Waals surface area (Å²) in [5.74, 6) is 0.891. The third-order valence-electron chi connectivity index (χ3n) is 5.08. The zero-order valence-corrected chi connectivity index (χ0v) is 12.0. The molecule has 1 aliphatic heterocycles. The molecule has 2 N–H and O–H groups in total. The van der Waals surface area contributed by atoms with E-state index in [0.717, 1.165) is 38.8 Å². The highest BCUT2D eigenvalue weighted by Gasteiger charge is 2.39.